The molecule has 0 aromatic carbocycles. The van der Waals surface area contributed by atoms with Crippen LogP contribution in [0.3, 0.4) is 0 Å². The number of aliphatic carboxylic acids is 1. The minimum absolute atomic E-state index is 0.157. The summed E-state index contributed by atoms with van der Waals surface area (Å²) < 4.78 is 36.5. The van der Waals surface area contributed by atoms with E-state index < -0.39 is 47.4 Å². The maximum atomic E-state index is 12.4. The highest BCUT2D eigenvalue weighted by Gasteiger charge is 2.66. The van der Waals surface area contributed by atoms with Gasteiger partial charge >= 0.3 is 18.1 Å². The number of nitrogens with one attached hydrogen (secondary N) is 1. The number of carboxylic acids is 1. The van der Waals surface area contributed by atoms with E-state index in [9.17, 15) is 32.3 Å². The van der Waals surface area contributed by atoms with Gasteiger partial charge in [0, 0.05) is 33.6 Å². The first-order chi connectivity index (χ1) is 13.1. The monoisotopic (exact) mass is 425 g/mol. The van der Waals surface area contributed by atoms with Gasteiger partial charge in [0.1, 0.15) is 5.54 Å². The number of hydrogen-bond donors (Lipinski definition) is 2. The fraction of sp³-hybridized carbons (Fsp3) is 0.688. The second-order valence-electron chi connectivity index (χ2n) is 6.89. The molecule has 0 saturated carbocycles. The summed E-state index contributed by atoms with van der Waals surface area (Å²) in [6.07, 6.45) is -5.08. The number of imide groups is 1. The third-order valence-electron chi connectivity index (χ3n) is 4.97. The first-order valence-corrected chi connectivity index (χ1v) is 8.28. The number of ether oxygens (including phenoxy) is 1. The number of esters is 1. The van der Waals surface area contributed by atoms with Gasteiger partial charge in [0.05, 0.1) is 18.9 Å². The van der Waals surface area contributed by atoms with E-state index in [0.717, 1.165) is 4.90 Å². The minimum Gasteiger partial charge on any atom is -0.475 e. The number of amides is 3. The zero-order valence-corrected chi connectivity index (χ0v) is 16.4. The number of rotatable bonds is 3. The van der Waals surface area contributed by atoms with Crippen LogP contribution in [0.4, 0.5) is 13.2 Å². The molecule has 0 radical (unpaired) electrons. The summed E-state index contributed by atoms with van der Waals surface area (Å²) in [5.74, 6) is -5.73. The molecule has 3 amide bonds. The molecule has 2 N–H and O–H groups in total. The number of likely N-dealkylation sites (N-methyl/N-ethyl adjacent to an activating group) is 1. The Bertz CT molecular complexity index is 727. The summed E-state index contributed by atoms with van der Waals surface area (Å²) in [6, 6.07) is -0.482. The summed E-state index contributed by atoms with van der Waals surface area (Å²) in [5.41, 5.74) is -1.28. The van der Waals surface area contributed by atoms with Crippen molar-refractivity contribution in [3.8, 4) is 0 Å². The molecule has 2 fully saturated rings. The topological polar surface area (TPSA) is 133 Å². The molecule has 13 heteroatoms. The number of fused-ring (bicyclic) bond motifs is 1. The van der Waals surface area contributed by atoms with Crippen LogP contribution in [0.15, 0.2) is 0 Å². The standard InChI is InChI=1S/C14H21N3O5.C2HF3O2/c1-7(18)16(3)6-8-9-10(12(20)17(4)11(9)19)14(2,15-8)13(21)22-5;3-2(4,5)1(6)7/h8-10,15H,6H2,1-5H3;(H,6,7)/t8-,9+,10-,14-;/m1./s1. The lowest BCUT2D eigenvalue weighted by atomic mass is 9.81. The summed E-state index contributed by atoms with van der Waals surface area (Å²) >= 11 is 0. The van der Waals surface area contributed by atoms with Gasteiger partial charge in [-0.1, -0.05) is 0 Å². The zero-order chi connectivity index (χ0) is 22.9. The van der Waals surface area contributed by atoms with Crippen LogP contribution in [0, 0.1) is 11.8 Å². The summed E-state index contributed by atoms with van der Waals surface area (Å²) in [4.78, 5) is 59.7. The molecule has 2 heterocycles. The molecule has 0 spiro atoms. The van der Waals surface area contributed by atoms with Crippen molar-refractivity contribution in [3.63, 3.8) is 0 Å². The number of nitrogens with zero attached hydrogens (tertiary/aromatic N) is 2. The van der Waals surface area contributed by atoms with Crippen LogP contribution in [0.25, 0.3) is 0 Å². The zero-order valence-electron chi connectivity index (χ0n) is 16.4. The summed E-state index contributed by atoms with van der Waals surface area (Å²) in [6.45, 7) is 3.21. The molecular weight excluding hydrogens is 403 g/mol. The Morgan fingerprint density at radius 1 is 1.28 bits per heavy atom. The van der Waals surface area contributed by atoms with E-state index in [1.54, 1.807) is 14.0 Å². The minimum atomic E-state index is -5.08. The number of carboxylic acid groups (broad SMARTS) is 1. The summed E-state index contributed by atoms with van der Waals surface area (Å²) in [7, 11) is 4.26. The lowest BCUT2D eigenvalue weighted by Crippen LogP contribution is -2.56. The first-order valence-electron chi connectivity index (χ1n) is 8.28. The van der Waals surface area contributed by atoms with E-state index in [0.29, 0.717) is 0 Å². The smallest absolute Gasteiger partial charge is 0.475 e. The van der Waals surface area contributed by atoms with Gasteiger partial charge in [-0.3, -0.25) is 29.4 Å². The van der Waals surface area contributed by atoms with E-state index in [1.807, 2.05) is 0 Å². The van der Waals surface area contributed by atoms with E-state index in [1.165, 1.54) is 26.0 Å². The molecule has 0 unspecified atom stereocenters. The third-order valence-corrected chi connectivity index (χ3v) is 4.97. The number of hydrogen-bond acceptors (Lipinski definition) is 7. The van der Waals surface area contributed by atoms with Gasteiger partial charge in [0.2, 0.25) is 17.7 Å². The van der Waals surface area contributed by atoms with Crippen molar-refractivity contribution in [2.75, 3.05) is 27.7 Å². The van der Waals surface area contributed by atoms with E-state index in [-0.39, 0.29) is 18.4 Å². The number of carbonyl (C=O) groups is 5. The molecule has 10 nitrogen and oxygen atoms in total. The highest BCUT2D eigenvalue weighted by molar-refractivity contribution is 6.09. The number of alkyl halides is 3. The number of likely N-dealkylation sites (tertiary alicyclic amines) is 1. The quantitative estimate of drug-likeness (QED) is 0.445. The average molecular weight is 425 g/mol. The van der Waals surface area contributed by atoms with Gasteiger partial charge in [-0.05, 0) is 6.92 Å². The normalized spacial score (nSPS) is 28.4. The highest BCUT2D eigenvalue weighted by atomic mass is 19.4. The van der Waals surface area contributed by atoms with Crippen molar-refractivity contribution in [1.29, 1.82) is 0 Å². The highest BCUT2D eigenvalue weighted by Crippen LogP contribution is 2.42. The van der Waals surface area contributed by atoms with E-state index in [2.05, 4.69) is 5.32 Å². The van der Waals surface area contributed by atoms with Gasteiger partial charge in [-0.2, -0.15) is 13.2 Å². The molecule has 29 heavy (non-hydrogen) atoms. The Kier molecular flexibility index (Phi) is 7.01. The van der Waals surface area contributed by atoms with Crippen LogP contribution in [0.1, 0.15) is 13.8 Å². The Labute approximate surface area is 163 Å². The van der Waals surface area contributed by atoms with Crippen molar-refractivity contribution in [2.45, 2.75) is 31.6 Å². The van der Waals surface area contributed by atoms with Gasteiger partial charge in [0.25, 0.3) is 0 Å². The fourth-order valence-electron chi connectivity index (χ4n) is 3.39. The molecule has 0 aromatic rings. The third kappa shape index (κ3) is 4.66. The lowest BCUT2D eigenvalue weighted by Gasteiger charge is -2.28. The van der Waals surface area contributed by atoms with E-state index in [4.69, 9.17) is 14.6 Å². The van der Waals surface area contributed by atoms with Crippen LogP contribution in [0.5, 0.6) is 0 Å². The second-order valence-corrected chi connectivity index (χ2v) is 6.89. The van der Waals surface area contributed by atoms with Crippen LogP contribution < -0.4 is 5.32 Å². The van der Waals surface area contributed by atoms with E-state index >= 15 is 0 Å². The molecule has 4 atom stereocenters. The first kappa shape index (κ1) is 24.3. The van der Waals surface area contributed by atoms with Crippen LogP contribution in [-0.2, 0) is 28.7 Å². The largest absolute Gasteiger partial charge is 0.490 e. The van der Waals surface area contributed by atoms with Crippen LogP contribution >= 0.6 is 0 Å². The van der Waals surface area contributed by atoms with Crippen LogP contribution in [-0.4, -0.2) is 90.1 Å². The lowest BCUT2D eigenvalue weighted by molar-refractivity contribution is -0.192. The van der Waals surface area contributed by atoms with Crippen molar-refractivity contribution in [1.82, 2.24) is 15.1 Å². The molecule has 2 rings (SSSR count). The molecular formula is C16H22F3N3O7. The Morgan fingerprint density at radius 3 is 2.14 bits per heavy atom. The Balaban J connectivity index is 0.000000516. The van der Waals surface area contributed by atoms with Gasteiger partial charge in [-0.15, -0.1) is 0 Å². The second kappa shape index (κ2) is 8.35. The van der Waals surface area contributed by atoms with Gasteiger partial charge in [0.15, 0.2) is 0 Å². The molecule has 2 saturated heterocycles. The van der Waals surface area contributed by atoms with Crippen molar-refractivity contribution in [3.05, 3.63) is 0 Å². The molecule has 2 aliphatic heterocycles. The van der Waals surface area contributed by atoms with Crippen LogP contribution in [0.2, 0.25) is 0 Å². The maximum absolute atomic E-state index is 12.4. The SMILES string of the molecule is COC(=O)[C@]1(C)N[C@H](CN(C)C(C)=O)[C@@H]2C(=O)N(C)C(=O)[C@@H]21.O=C(O)C(F)(F)F. The Hall–Kier alpha value is -2.70. The van der Waals surface area contributed by atoms with Gasteiger partial charge in [-0.25, -0.2) is 4.79 Å². The number of methoxy groups -OCH3 is 1. The fourth-order valence-corrected chi connectivity index (χ4v) is 3.39. The van der Waals surface area contributed by atoms with Gasteiger partial charge < -0.3 is 14.7 Å². The molecule has 0 bridgehead atoms. The van der Waals surface area contributed by atoms with Crippen molar-refractivity contribution in [2.24, 2.45) is 11.8 Å². The predicted octanol–water partition coefficient (Wildman–Crippen LogP) is -0.767. The molecule has 2 aliphatic rings. The molecule has 0 aromatic heterocycles. The predicted molar refractivity (Wildman–Crippen MR) is 89.1 cm³/mol. The molecule has 164 valence electrons. The number of carbonyl (C=O) groups excluding carboxylic acids is 4. The average Bonchev–Trinajstić information content (AvgIpc) is 3.03. The summed E-state index contributed by atoms with van der Waals surface area (Å²) in [5, 5.41) is 10.2. The number of halogens is 3. The molecule has 0 aliphatic carbocycles. The van der Waals surface area contributed by atoms with Crippen molar-refractivity contribution < 1.29 is 47.0 Å². The van der Waals surface area contributed by atoms with Crippen molar-refractivity contribution >= 4 is 29.7 Å². The maximum Gasteiger partial charge on any atom is 0.490 e. The Morgan fingerprint density at radius 2 is 1.76 bits per heavy atom.